The molecule has 0 aromatic heterocycles. The second-order valence-electron chi connectivity index (χ2n) is 39.4. The number of carbonyl (C=O) groups is 9. The summed E-state index contributed by atoms with van der Waals surface area (Å²) >= 11 is 0. The standard InChI is InChI=1S/2C12H24N2O2.C11H22N2O.C10H20N2O.C9H15F3N2O.2C9H18N2O.C9H20N2.C8H16N2O.C8H15NO2.10CH4/c2*1-5-7-14-8-6-10(9-14)13-11(15)16-12(2,3)4;1-4-7-12-8-6-11(9-12)13(5-2)10(3)14;1-4-6-12-7-5-10(8-12)11(3)9(2)13;1-2-4-14-5-3-7(6-14)13-8(15)9(10,11)12;2*1-3-5-11-6-4-9(7-11)10-8(2)12;1-4-6-11-7-5-9(8-11)10(2)3;1-2-5-10-6-3-4-7(10)8(9)11;1-2-4-9-5-3-7(6-9)8(10)11;;;;;;;;;;/h2*10H,5-9H2,1-4H3,(H,13,15);11H,4-9H2,1-3H3;10H,4-8H2,1-3H3;7H,2-6H2,1H3,(H,13,15);2*9H,3-7H2,1-2H3,(H,10,12);9H,4-8H2,1-3H3;7H,2-6H2,1H3,(H2,9,11);7H,2-6H2,1H3,(H,10,11);10*1H4/t2*10-;;;7-;2*9-;;;;;;;;;;;;;/m10..010............./s1. The third kappa shape index (κ3) is 71.4. The van der Waals surface area contributed by atoms with Crippen LogP contribution in [-0.4, -0.2) is 412 Å². The van der Waals surface area contributed by atoms with Crippen molar-refractivity contribution in [3.8, 4) is 0 Å². The van der Waals surface area contributed by atoms with Gasteiger partial charge in [0.1, 0.15) is 11.2 Å². The summed E-state index contributed by atoms with van der Waals surface area (Å²) < 4.78 is 46.2. The quantitative estimate of drug-likeness (QED) is 0.0339. The maximum absolute atomic E-state index is 11.9. The van der Waals surface area contributed by atoms with E-state index in [1.165, 1.54) is 84.1 Å². The highest BCUT2D eigenvalue weighted by Gasteiger charge is 2.41. The summed E-state index contributed by atoms with van der Waals surface area (Å²) in [6.07, 6.45) is 17.7. The van der Waals surface area contributed by atoms with E-state index >= 15 is 0 Å². The number of alkyl halides is 3. The molecule has 31 nitrogen and oxygen atoms in total. The molecule has 10 fully saturated rings. The van der Waals surface area contributed by atoms with E-state index in [0.29, 0.717) is 37.1 Å². The van der Waals surface area contributed by atoms with Gasteiger partial charge in [-0.05, 0) is 282 Å². The molecule has 10 aliphatic heterocycles. The molecule has 10 heterocycles. The van der Waals surface area contributed by atoms with Gasteiger partial charge in [-0.15, -0.1) is 0 Å². The Labute approximate surface area is 865 Å². The summed E-state index contributed by atoms with van der Waals surface area (Å²) in [6.45, 7) is 72.9. The minimum absolute atomic E-state index is 0. The molecule has 848 valence electrons. The maximum Gasteiger partial charge on any atom is 0.471 e. The number of carboxylic acids is 1. The highest BCUT2D eigenvalue weighted by atomic mass is 19.4. The van der Waals surface area contributed by atoms with Crippen LogP contribution in [0.1, 0.15) is 355 Å². The molecule has 10 aliphatic rings. The number of amides is 8. The zero-order valence-corrected chi connectivity index (χ0v) is 86.8. The summed E-state index contributed by atoms with van der Waals surface area (Å²) in [5.41, 5.74) is 4.42. The monoisotopic (exact) mass is 2030 g/mol. The fourth-order valence-corrected chi connectivity index (χ4v) is 18.4. The SMILES string of the molecule is C.C.C.C.C.C.C.C.C.C.CCCN1CCC(C(=O)O)C1.CCCN1CCC(N(C)C(C)=O)C1.CCCN1CCC(N(C)C)C1.CCCN1CCC(N(CC)C(C)=O)C1.CCCN1CCCC1C(N)=O.CCCN1CC[C@@H](NC(=O)OC(C)(C)C)C1.CCCN1CC[C@@H](NC(C)=O)C1.CCCN1CC[C@H](NC(=O)C(F)(F)F)C1.CCCN1CC[C@H](NC(=O)OC(C)(C)C)C1.CCCN1CC[C@H](NC(C)=O)C1. The first kappa shape index (κ1) is 155. The minimum Gasteiger partial charge on any atom is -0.481 e. The summed E-state index contributed by atoms with van der Waals surface area (Å²) in [5.74, 6) is -2.14. The molecule has 141 heavy (non-hydrogen) atoms. The number of likely N-dealkylation sites (N-methyl/N-ethyl adjacent to an activating group) is 3. The van der Waals surface area contributed by atoms with Gasteiger partial charge in [-0.3, -0.25) is 38.5 Å². The fourth-order valence-electron chi connectivity index (χ4n) is 18.4. The number of nitrogens with one attached hydrogen (secondary N) is 5. The molecule has 10 saturated heterocycles. The predicted octanol–water partition coefficient (Wildman–Crippen LogP) is 17.2. The Morgan fingerprint density at radius 3 is 0.872 bits per heavy atom. The number of hydrogen-bond donors (Lipinski definition) is 7. The van der Waals surface area contributed by atoms with Gasteiger partial charge in [0.2, 0.25) is 29.5 Å². The molecular formula is C107H232F3N19O12. The summed E-state index contributed by atoms with van der Waals surface area (Å²) in [4.78, 5) is 129. The van der Waals surface area contributed by atoms with Gasteiger partial charge in [-0.1, -0.05) is 144 Å². The topological polar surface area (TPSA) is 321 Å². The third-order valence-electron chi connectivity index (χ3n) is 24.6. The van der Waals surface area contributed by atoms with Crippen molar-refractivity contribution >= 4 is 53.6 Å². The van der Waals surface area contributed by atoms with Gasteiger partial charge in [0.05, 0.1) is 12.0 Å². The van der Waals surface area contributed by atoms with Crippen molar-refractivity contribution in [3.05, 3.63) is 0 Å². The number of halogens is 3. The van der Waals surface area contributed by atoms with Crippen molar-refractivity contribution in [3.63, 3.8) is 0 Å². The van der Waals surface area contributed by atoms with Gasteiger partial charge in [-0.2, -0.15) is 13.2 Å². The van der Waals surface area contributed by atoms with Gasteiger partial charge in [-0.25, -0.2) is 9.59 Å². The van der Waals surface area contributed by atoms with Crippen LogP contribution in [0.5, 0.6) is 0 Å². The van der Waals surface area contributed by atoms with Crippen molar-refractivity contribution in [2.75, 3.05) is 217 Å². The number of nitrogens with two attached hydrogens (primary N) is 1. The number of rotatable bonds is 31. The van der Waals surface area contributed by atoms with E-state index in [1.807, 2.05) is 70.6 Å². The molecule has 0 aromatic rings. The van der Waals surface area contributed by atoms with Gasteiger partial charge in [0.15, 0.2) is 0 Å². The van der Waals surface area contributed by atoms with Crippen LogP contribution in [0.3, 0.4) is 0 Å². The number of carboxylic acid groups (broad SMARTS) is 1. The average Bonchev–Trinajstić information content (AvgIpc) is 1.79. The van der Waals surface area contributed by atoms with Gasteiger partial charge >= 0.3 is 30.2 Å². The number of primary amides is 1. The van der Waals surface area contributed by atoms with Crippen molar-refractivity contribution in [1.29, 1.82) is 0 Å². The lowest BCUT2D eigenvalue weighted by atomic mass is 10.1. The molecule has 0 saturated carbocycles. The van der Waals surface area contributed by atoms with E-state index in [-0.39, 0.29) is 146 Å². The molecule has 34 heteroatoms. The van der Waals surface area contributed by atoms with E-state index in [4.69, 9.17) is 20.3 Å². The number of likely N-dealkylation sites (tertiary alicyclic amines) is 10. The third-order valence-corrected chi connectivity index (χ3v) is 24.6. The summed E-state index contributed by atoms with van der Waals surface area (Å²) in [7, 11) is 6.27. The Morgan fingerprint density at radius 1 is 0.348 bits per heavy atom. The molecule has 8 N–H and O–H groups in total. The number of ether oxygens (including phenoxy) is 2. The molecule has 5 unspecified atom stereocenters. The zero-order valence-electron chi connectivity index (χ0n) is 86.8. The normalized spacial score (nSPS) is 22.1. The van der Waals surface area contributed by atoms with Crippen LogP contribution in [0, 0.1) is 5.92 Å². The molecule has 0 aromatic carbocycles. The zero-order chi connectivity index (χ0) is 99.0. The second-order valence-corrected chi connectivity index (χ2v) is 39.4. The number of nitrogens with zero attached hydrogens (tertiary/aromatic N) is 13. The highest BCUT2D eigenvalue weighted by Crippen LogP contribution is 2.23. The van der Waals surface area contributed by atoms with Crippen LogP contribution in [0.2, 0.25) is 0 Å². The largest absolute Gasteiger partial charge is 0.481 e. The summed E-state index contributed by atoms with van der Waals surface area (Å²) in [6, 6.07) is 2.68. The number of alkyl carbamates (subject to hydrolysis) is 2. The van der Waals surface area contributed by atoms with Crippen molar-refractivity contribution in [1.82, 2.24) is 90.3 Å². The van der Waals surface area contributed by atoms with Gasteiger partial charge in [0.25, 0.3) is 0 Å². The van der Waals surface area contributed by atoms with E-state index in [1.54, 1.807) is 27.7 Å². The highest BCUT2D eigenvalue weighted by molar-refractivity contribution is 5.82. The maximum atomic E-state index is 11.9. The van der Waals surface area contributed by atoms with Crippen molar-refractivity contribution in [2.45, 2.75) is 426 Å². The van der Waals surface area contributed by atoms with Crippen molar-refractivity contribution in [2.24, 2.45) is 11.7 Å². The first-order chi connectivity index (χ1) is 61.7. The lowest BCUT2D eigenvalue weighted by Crippen LogP contribution is -2.44. The first-order valence-corrected chi connectivity index (χ1v) is 50.6. The van der Waals surface area contributed by atoms with E-state index in [2.05, 4.69) is 158 Å². The van der Waals surface area contributed by atoms with Gasteiger partial charge in [0, 0.05) is 194 Å². The Balaban J connectivity index is -0.000000168. The number of hydrogen-bond acceptors (Lipinski definition) is 22. The van der Waals surface area contributed by atoms with Gasteiger partial charge < -0.3 is 106 Å². The van der Waals surface area contributed by atoms with Crippen molar-refractivity contribution < 1.29 is 70.9 Å². The summed E-state index contributed by atoms with van der Waals surface area (Å²) in [5, 5.41) is 22.4. The Morgan fingerprint density at radius 2 is 0.617 bits per heavy atom. The van der Waals surface area contributed by atoms with Crippen LogP contribution in [-0.2, 0) is 43.0 Å². The van der Waals surface area contributed by atoms with Crippen LogP contribution < -0.4 is 32.3 Å². The predicted molar refractivity (Wildman–Crippen MR) is 591 cm³/mol. The second kappa shape index (κ2) is 86.2. The molecular weight excluding hydrogens is 1800 g/mol. The van der Waals surface area contributed by atoms with Crippen LogP contribution in [0.4, 0.5) is 22.8 Å². The number of aliphatic carboxylic acids is 1. The fraction of sp³-hybridized carbons (Fsp3) is 0.916. The molecule has 0 spiro atoms. The van der Waals surface area contributed by atoms with Crippen LogP contribution in [0.15, 0.2) is 0 Å². The van der Waals surface area contributed by atoms with E-state index in [0.717, 1.165) is 240 Å². The van der Waals surface area contributed by atoms with Crippen LogP contribution in [0.25, 0.3) is 0 Å². The lowest BCUT2D eigenvalue weighted by molar-refractivity contribution is -0.174. The molecule has 10 rings (SSSR count). The smallest absolute Gasteiger partial charge is 0.471 e. The molecule has 0 aliphatic carbocycles. The Hall–Kier alpha value is -5.82. The minimum atomic E-state index is -4.77. The molecule has 8 amide bonds. The molecule has 0 bridgehead atoms. The van der Waals surface area contributed by atoms with E-state index < -0.39 is 29.3 Å². The Bertz CT molecular complexity index is 3040. The molecule has 10 atom stereocenters. The average molecular weight is 2030 g/mol. The molecule has 0 radical (unpaired) electrons. The lowest BCUT2D eigenvalue weighted by Gasteiger charge is -2.26. The van der Waals surface area contributed by atoms with Crippen LogP contribution >= 0.6 is 0 Å². The number of carbonyl (C=O) groups excluding carboxylic acids is 8. The van der Waals surface area contributed by atoms with E-state index in [9.17, 15) is 56.3 Å². The Kier molecular flexibility index (Phi) is 94.9. The first-order valence-electron chi connectivity index (χ1n) is 50.6.